The van der Waals surface area contributed by atoms with Crippen molar-refractivity contribution in [3.05, 3.63) is 81.9 Å². The number of nitrogen functional groups attached to an aromatic ring is 1. The van der Waals surface area contributed by atoms with E-state index < -0.39 is 24.6 Å². The van der Waals surface area contributed by atoms with Crippen LogP contribution in [0.2, 0.25) is 5.02 Å². The van der Waals surface area contributed by atoms with E-state index in [2.05, 4.69) is 10.6 Å². The van der Waals surface area contributed by atoms with Crippen LogP contribution in [0.25, 0.3) is 0 Å². The molecule has 12 nitrogen and oxygen atoms in total. The Kier molecular flexibility index (Phi) is 10.1. The lowest BCUT2D eigenvalue weighted by Gasteiger charge is -2.19. The lowest BCUT2D eigenvalue weighted by molar-refractivity contribution is -0.139. The molecule has 3 aromatic rings. The number of carboxylic acid groups (broad SMARTS) is 1. The minimum atomic E-state index is -1.18. The highest BCUT2D eigenvalue weighted by molar-refractivity contribution is 6.31. The molecule has 0 aliphatic rings. The summed E-state index contributed by atoms with van der Waals surface area (Å²) >= 11 is 6.18. The Balaban J connectivity index is 1.91. The number of anilines is 2. The molecule has 0 aromatic heterocycles. The van der Waals surface area contributed by atoms with Crippen molar-refractivity contribution in [3.8, 4) is 11.5 Å². The van der Waals surface area contributed by atoms with Crippen molar-refractivity contribution in [3.63, 3.8) is 0 Å². The first kappa shape index (κ1) is 29.6. The fourth-order valence-corrected chi connectivity index (χ4v) is 3.81. The summed E-state index contributed by atoms with van der Waals surface area (Å²) in [5.41, 5.74) is 13.2. The fourth-order valence-electron chi connectivity index (χ4n) is 3.63. The molecule has 13 heteroatoms. The van der Waals surface area contributed by atoms with Gasteiger partial charge >= 0.3 is 12.1 Å². The highest BCUT2D eigenvalue weighted by Gasteiger charge is 2.18. The van der Waals surface area contributed by atoms with Gasteiger partial charge < -0.3 is 41.4 Å². The largest absolute Gasteiger partial charge is 0.490 e. The number of amidine groups is 1. The summed E-state index contributed by atoms with van der Waals surface area (Å²) in [6.45, 7) is 1.29. The number of nitrogens with one attached hydrogen (secondary N) is 3. The van der Waals surface area contributed by atoms with Gasteiger partial charge in [-0.3, -0.25) is 10.2 Å². The van der Waals surface area contributed by atoms with Gasteiger partial charge in [-0.2, -0.15) is 0 Å². The quantitative estimate of drug-likeness (QED) is 0.130. The molecule has 8 N–H and O–H groups in total. The van der Waals surface area contributed by atoms with E-state index >= 15 is 0 Å². The van der Waals surface area contributed by atoms with Crippen molar-refractivity contribution in [2.24, 2.45) is 11.5 Å². The van der Waals surface area contributed by atoms with Crippen molar-refractivity contribution < 1.29 is 33.7 Å². The number of amides is 2. The Morgan fingerprint density at radius 1 is 1.02 bits per heavy atom. The van der Waals surface area contributed by atoms with Gasteiger partial charge in [0, 0.05) is 34.1 Å². The molecule has 0 aliphatic carbocycles. The molecular formula is C27H28ClN5O7. The van der Waals surface area contributed by atoms with Crippen LogP contribution in [0.1, 0.15) is 34.0 Å². The van der Waals surface area contributed by atoms with E-state index in [1.54, 1.807) is 55.5 Å². The standard InChI is InChI=1S/C27H28ClN5O7/c1-2-38-22-10-15(13-40-27(31)37)9-17(24(22)39-14-23(34)35)12-32-21-8-5-18(28)11-20(21)26(36)33-19-6-3-16(4-7-19)25(29)30/h3-11,32H,2,12-14H2,1H3,(H3,29,30)(H2,31,37)(H,33,36)(H,34,35). The molecule has 0 aliphatic heterocycles. The van der Waals surface area contributed by atoms with Gasteiger partial charge in [-0.25, -0.2) is 9.59 Å². The zero-order valence-corrected chi connectivity index (χ0v) is 22.2. The van der Waals surface area contributed by atoms with E-state index in [0.717, 1.165) is 0 Å². The van der Waals surface area contributed by atoms with Crippen molar-refractivity contribution in [2.45, 2.75) is 20.1 Å². The van der Waals surface area contributed by atoms with Crippen molar-refractivity contribution in [1.29, 1.82) is 5.41 Å². The number of primary amides is 1. The number of ether oxygens (including phenoxy) is 3. The Morgan fingerprint density at radius 2 is 1.75 bits per heavy atom. The van der Waals surface area contributed by atoms with Gasteiger partial charge in [0.1, 0.15) is 12.4 Å². The summed E-state index contributed by atoms with van der Waals surface area (Å²) in [6.07, 6.45) is -0.961. The minimum absolute atomic E-state index is 0.0641. The Bertz CT molecular complexity index is 1410. The van der Waals surface area contributed by atoms with Gasteiger partial charge in [-0.15, -0.1) is 0 Å². The van der Waals surface area contributed by atoms with Gasteiger partial charge in [0.2, 0.25) is 0 Å². The Labute approximate surface area is 234 Å². The average Bonchev–Trinajstić information content (AvgIpc) is 2.90. The van der Waals surface area contributed by atoms with Crippen LogP contribution in [0.15, 0.2) is 54.6 Å². The second kappa shape index (κ2) is 13.7. The fraction of sp³-hybridized carbons (Fsp3) is 0.185. The van der Waals surface area contributed by atoms with Gasteiger partial charge in [0.05, 0.1) is 12.2 Å². The smallest absolute Gasteiger partial charge is 0.404 e. The monoisotopic (exact) mass is 569 g/mol. The highest BCUT2D eigenvalue weighted by atomic mass is 35.5. The first-order valence-corrected chi connectivity index (χ1v) is 12.3. The topological polar surface area (TPSA) is 199 Å². The van der Waals surface area contributed by atoms with Crippen molar-refractivity contribution in [1.82, 2.24) is 0 Å². The van der Waals surface area contributed by atoms with Gasteiger partial charge in [0.15, 0.2) is 18.1 Å². The number of aliphatic carboxylic acids is 1. The summed E-state index contributed by atoms with van der Waals surface area (Å²) in [4.78, 5) is 35.5. The van der Waals surface area contributed by atoms with Crippen LogP contribution < -0.4 is 31.6 Å². The average molecular weight is 570 g/mol. The second-order valence-corrected chi connectivity index (χ2v) is 8.73. The van der Waals surface area contributed by atoms with Crippen LogP contribution in [-0.4, -0.2) is 42.1 Å². The van der Waals surface area contributed by atoms with Crippen LogP contribution in [0.5, 0.6) is 11.5 Å². The number of hydrogen-bond acceptors (Lipinski definition) is 8. The van der Waals surface area contributed by atoms with Crippen molar-refractivity contribution >= 4 is 46.8 Å². The maximum Gasteiger partial charge on any atom is 0.404 e. The van der Waals surface area contributed by atoms with E-state index in [0.29, 0.717) is 33.1 Å². The van der Waals surface area contributed by atoms with E-state index in [9.17, 15) is 14.4 Å². The van der Waals surface area contributed by atoms with Gasteiger partial charge in [-0.05, 0) is 67.1 Å². The van der Waals surface area contributed by atoms with Crippen molar-refractivity contribution in [2.75, 3.05) is 23.8 Å². The predicted octanol–water partition coefficient (Wildman–Crippen LogP) is 3.95. The third-order valence-electron chi connectivity index (χ3n) is 5.36. The molecule has 0 atom stereocenters. The van der Waals surface area contributed by atoms with E-state index in [1.807, 2.05) is 0 Å². The molecule has 0 unspecified atom stereocenters. The Morgan fingerprint density at radius 3 is 2.38 bits per heavy atom. The number of carbonyl (C=O) groups is 3. The van der Waals surface area contributed by atoms with Crippen LogP contribution >= 0.6 is 11.6 Å². The molecule has 0 saturated heterocycles. The molecule has 0 heterocycles. The summed E-state index contributed by atoms with van der Waals surface area (Å²) in [6, 6.07) is 14.4. The molecule has 210 valence electrons. The van der Waals surface area contributed by atoms with Gasteiger partial charge in [-0.1, -0.05) is 11.6 Å². The minimum Gasteiger partial charge on any atom is -0.490 e. The molecule has 0 fully saturated rings. The van der Waals surface area contributed by atoms with Gasteiger partial charge in [0.25, 0.3) is 5.91 Å². The number of rotatable bonds is 13. The third kappa shape index (κ3) is 8.27. The summed E-state index contributed by atoms with van der Waals surface area (Å²) < 4.78 is 16.1. The summed E-state index contributed by atoms with van der Waals surface area (Å²) in [5.74, 6) is -1.32. The molecule has 3 aromatic carbocycles. The number of nitrogens with two attached hydrogens (primary N) is 2. The predicted molar refractivity (Wildman–Crippen MR) is 149 cm³/mol. The number of halogens is 1. The lowest BCUT2D eigenvalue weighted by Crippen LogP contribution is -2.17. The number of carbonyl (C=O) groups excluding carboxylic acids is 2. The normalized spacial score (nSPS) is 10.3. The van der Waals surface area contributed by atoms with Crippen LogP contribution in [-0.2, 0) is 22.7 Å². The number of benzene rings is 3. The summed E-state index contributed by atoms with van der Waals surface area (Å²) in [5, 5.41) is 22.9. The molecule has 0 saturated carbocycles. The first-order chi connectivity index (χ1) is 19.1. The number of hydrogen-bond donors (Lipinski definition) is 6. The maximum absolute atomic E-state index is 13.2. The zero-order valence-electron chi connectivity index (χ0n) is 21.5. The highest BCUT2D eigenvalue weighted by Crippen LogP contribution is 2.35. The molecule has 0 spiro atoms. The van der Waals surface area contributed by atoms with E-state index in [1.165, 1.54) is 6.07 Å². The van der Waals surface area contributed by atoms with E-state index in [-0.39, 0.29) is 42.7 Å². The van der Waals surface area contributed by atoms with Crippen LogP contribution in [0.4, 0.5) is 16.2 Å². The Hall–Kier alpha value is -4.97. The van der Waals surface area contributed by atoms with Crippen LogP contribution in [0.3, 0.4) is 0 Å². The maximum atomic E-state index is 13.2. The van der Waals surface area contributed by atoms with E-state index in [4.69, 9.17) is 47.8 Å². The zero-order chi connectivity index (χ0) is 29.2. The lowest BCUT2D eigenvalue weighted by atomic mass is 10.1. The third-order valence-corrected chi connectivity index (χ3v) is 5.60. The molecule has 2 amide bonds. The molecule has 40 heavy (non-hydrogen) atoms. The number of carboxylic acids is 1. The first-order valence-electron chi connectivity index (χ1n) is 11.9. The molecule has 0 radical (unpaired) electrons. The SMILES string of the molecule is CCOc1cc(COC(N)=O)cc(CNc2ccc(Cl)cc2C(=O)Nc2ccc(C(=N)N)cc2)c1OCC(=O)O. The molecule has 3 rings (SSSR count). The molecular weight excluding hydrogens is 542 g/mol. The van der Waals surface area contributed by atoms with Crippen LogP contribution in [0, 0.1) is 5.41 Å². The summed E-state index contributed by atoms with van der Waals surface area (Å²) in [7, 11) is 0. The molecule has 0 bridgehead atoms. The second-order valence-electron chi connectivity index (χ2n) is 8.29.